The van der Waals surface area contributed by atoms with Crippen molar-refractivity contribution in [3.8, 4) is 17.0 Å². The first kappa shape index (κ1) is 20.0. The minimum absolute atomic E-state index is 0.118. The number of carbonyl (C=O) groups is 2. The number of aromatic nitrogens is 5. The molecule has 0 aromatic carbocycles. The molecule has 1 fully saturated rings. The van der Waals surface area contributed by atoms with E-state index in [9.17, 15) is 14.7 Å². The molecule has 30 heavy (non-hydrogen) atoms. The summed E-state index contributed by atoms with van der Waals surface area (Å²) in [4.78, 5) is 34.8. The van der Waals surface area contributed by atoms with Crippen LogP contribution in [0.3, 0.4) is 0 Å². The largest absolute Gasteiger partial charge is 0.424 e. The number of primary amides is 1. The minimum Gasteiger partial charge on any atom is -0.424 e. The zero-order valence-corrected chi connectivity index (χ0v) is 16.7. The summed E-state index contributed by atoms with van der Waals surface area (Å²) in [6.45, 7) is 0.973. The van der Waals surface area contributed by atoms with Crippen LogP contribution in [-0.4, -0.2) is 41.7 Å². The van der Waals surface area contributed by atoms with E-state index in [1.807, 2.05) is 6.20 Å². The van der Waals surface area contributed by atoms with Gasteiger partial charge in [-0.3, -0.25) is 14.3 Å². The first-order valence-corrected chi connectivity index (χ1v) is 9.96. The summed E-state index contributed by atoms with van der Waals surface area (Å²) >= 11 is 0. The molecule has 3 aromatic rings. The normalized spacial score (nSPS) is 15.5. The third-order valence-corrected chi connectivity index (χ3v) is 5.51. The molecular weight excluding hydrogens is 388 g/mol. The highest BCUT2D eigenvalue weighted by Crippen LogP contribution is 2.38. The molecule has 0 bridgehead atoms. The van der Waals surface area contributed by atoms with Crippen molar-refractivity contribution in [1.82, 2.24) is 24.7 Å². The summed E-state index contributed by atoms with van der Waals surface area (Å²) in [6.07, 6.45) is 9.56. The molecule has 0 radical (unpaired) electrons. The van der Waals surface area contributed by atoms with Gasteiger partial charge < -0.3 is 20.6 Å². The first-order chi connectivity index (χ1) is 14.5. The average Bonchev–Trinajstić information content (AvgIpc) is 3.46. The van der Waals surface area contributed by atoms with Crippen LogP contribution in [0.5, 0.6) is 5.75 Å². The number of esters is 1. The average molecular weight is 412 g/mol. The van der Waals surface area contributed by atoms with E-state index in [2.05, 4.69) is 20.1 Å². The number of aromatic amines is 1. The number of H-pyrrole nitrogens is 1. The van der Waals surface area contributed by atoms with Crippen LogP contribution in [0.1, 0.15) is 50.9 Å². The van der Waals surface area contributed by atoms with Crippen molar-refractivity contribution in [1.29, 1.82) is 0 Å². The van der Waals surface area contributed by atoms with Crippen molar-refractivity contribution >= 4 is 22.9 Å². The van der Waals surface area contributed by atoms with Crippen molar-refractivity contribution in [3.63, 3.8) is 0 Å². The fourth-order valence-electron chi connectivity index (χ4n) is 4.23. The second kappa shape index (κ2) is 8.23. The molecule has 0 saturated heterocycles. The van der Waals surface area contributed by atoms with Gasteiger partial charge in [-0.15, -0.1) is 0 Å². The van der Waals surface area contributed by atoms with Crippen molar-refractivity contribution in [2.75, 3.05) is 0 Å². The van der Waals surface area contributed by atoms with Crippen LogP contribution >= 0.6 is 0 Å². The molecule has 3 aromatic heterocycles. The van der Waals surface area contributed by atoms with E-state index in [1.165, 1.54) is 13.1 Å². The molecule has 4 N–H and O–H groups in total. The molecule has 1 aliphatic carbocycles. The van der Waals surface area contributed by atoms with Crippen LogP contribution in [0.25, 0.3) is 22.3 Å². The maximum Gasteiger partial charge on any atom is 0.308 e. The molecule has 0 spiro atoms. The number of nitrogens with zero attached hydrogens (tertiary/aromatic N) is 4. The number of hydrogen-bond donors (Lipinski definition) is 3. The summed E-state index contributed by atoms with van der Waals surface area (Å²) in [5.41, 5.74) is 7.09. The second-order valence-electron chi connectivity index (χ2n) is 7.61. The maximum absolute atomic E-state index is 11.7. The minimum atomic E-state index is -0.466. The van der Waals surface area contributed by atoms with E-state index >= 15 is 0 Å². The van der Waals surface area contributed by atoms with Crippen LogP contribution in [0.4, 0.5) is 0 Å². The van der Waals surface area contributed by atoms with Gasteiger partial charge in [0.05, 0.1) is 23.3 Å². The summed E-state index contributed by atoms with van der Waals surface area (Å²) in [5, 5.41) is 14.6. The number of nitrogens with one attached hydrogen (secondary N) is 1. The molecule has 10 nitrogen and oxygen atoms in total. The Labute approximate surface area is 172 Å². The van der Waals surface area contributed by atoms with E-state index < -0.39 is 5.97 Å². The van der Waals surface area contributed by atoms with E-state index in [-0.39, 0.29) is 30.8 Å². The number of carbonyl (C=O) groups excluding carboxylic acids is 2. The van der Waals surface area contributed by atoms with Gasteiger partial charge in [0.2, 0.25) is 5.91 Å². The number of fused-ring (bicyclic) bond motifs is 1. The van der Waals surface area contributed by atoms with Crippen LogP contribution in [0.15, 0.2) is 18.6 Å². The molecule has 4 rings (SSSR count). The van der Waals surface area contributed by atoms with Crippen LogP contribution in [0, 0.1) is 5.92 Å². The maximum atomic E-state index is 11.7. The molecule has 0 aliphatic heterocycles. The highest BCUT2D eigenvalue weighted by atomic mass is 16.5. The van der Waals surface area contributed by atoms with E-state index in [1.54, 1.807) is 10.9 Å². The second-order valence-corrected chi connectivity index (χ2v) is 7.61. The fourth-order valence-corrected chi connectivity index (χ4v) is 4.23. The SMILES string of the molecule is CC(=O)Oc1c[nH]c2nc(CO)nc(-c3cnn([C@H](CC(N)=O)C4CCCC4)c3)c12. The number of nitrogens with two attached hydrogens (primary N) is 1. The number of amides is 1. The number of ether oxygens (including phenoxy) is 1. The Morgan fingerprint density at radius 1 is 1.37 bits per heavy atom. The Hall–Kier alpha value is -3.27. The number of hydrogen-bond acceptors (Lipinski definition) is 7. The molecule has 3 heterocycles. The summed E-state index contributed by atoms with van der Waals surface area (Å²) in [6, 6.07) is -0.118. The lowest BCUT2D eigenvalue weighted by atomic mass is 9.95. The van der Waals surface area contributed by atoms with Gasteiger partial charge in [-0.25, -0.2) is 9.97 Å². The number of aliphatic hydroxyl groups is 1. The molecule has 0 unspecified atom stereocenters. The van der Waals surface area contributed by atoms with Gasteiger partial charge in [0.1, 0.15) is 12.3 Å². The van der Waals surface area contributed by atoms with Crippen molar-refractivity contribution in [2.45, 2.75) is 51.7 Å². The van der Waals surface area contributed by atoms with Crippen LogP contribution in [-0.2, 0) is 16.2 Å². The molecule has 1 amide bonds. The molecule has 1 atom stereocenters. The first-order valence-electron chi connectivity index (χ1n) is 9.96. The van der Waals surface area contributed by atoms with Crippen LogP contribution < -0.4 is 10.5 Å². The number of aliphatic hydroxyl groups excluding tert-OH is 1. The van der Waals surface area contributed by atoms with Gasteiger partial charge in [-0.1, -0.05) is 12.8 Å². The van der Waals surface area contributed by atoms with Gasteiger partial charge in [-0.2, -0.15) is 5.10 Å². The summed E-state index contributed by atoms with van der Waals surface area (Å²) in [7, 11) is 0. The lowest BCUT2D eigenvalue weighted by molar-refractivity contribution is -0.131. The molecular formula is C20H24N6O4. The zero-order chi connectivity index (χ0) is 21.3. The van der Waals surface area contributed by atoms with Gasteiger partial charge in [-0.05, 0) is 18.8 Å². The highest BCUT2D eigenvalue weighted by Gasteiger charge is 2.29. The molecule has 1 aliphatic rings. The van der Waals surface area contributed by atoms with Gasteiger partial charge >= 0.3 is 5.97 Å². The van der Waals surface area contributed by atoms with E-state index in [0.717, 1.165) is 25.7 Å². The summed E-state index contributed by atoms with van der Waals surface area (Å²) < 4.78 is 7.07. The Morgan fingerprint density at radius 2 is 2.13 bits per heavy atom. The third-order valence-electron chi connectivity index (χ3n) is 5.51. The topological polar surface area (TPSA) is 149 Å². The van der Waals surface area contributed by atoms with Crippen molar-refractivity contribution in [3.05, 3.63) is 24.4 Å². The Kier molecular flexibility index (Phi) is 5.49. The van der Waals surface area contributed by atoms with Gasteiger partial charge in [0.25, 0.3) is 0 Å². The fraction of sp³-hybridized carbons (Fsp3) is 0.450. The van der Waals surface area contributed by atoms with Crippen molar-refractivity contribution < 1.29 is 19.4 Å². The quantitative estimate of drug-likeness (QED) is 0.501. The predicted molar refractivity (Wildman–Crippen MR) is 107 cm³/mol. The van der Waals surface area contributed by atoms with Gasteiger partial charge in [0.15, 0.2) is 11.6 Å². The summed E-state index contributed by atoms with van der Waals surface area (Å²) in [5.74, 6) is 0.0398. The molecule has 158 valence electrons. The zero-order valence-electron chi connectivity index (χ0n) is 16.7. The number of rotatable bonds is 7. The van der Waals surface area contributed by atoms with Crippen molar-refractivity contribution in [2.24, 2.45) is 11.7 Å². The molecule has 10 heteroatoms. The Bertz CT molecular complexity index is 1080. The predicted octanol–water partition coefficient (Wildman–Crippen LogP) is 1.85. The lowest BCUT2D eigenvalue weighted by Gasteiger charge is -2.22. The Morgan fingerprint density at radius 3 is 2.80 bits per heavy atom. The van der Waals surface area contributed by atoms with Gasteiger partial charge in [0, 0.05) is 31.3 Å². The smallest absolute Gasteiger partial charge is 0.308 e. The Balaban J connectivity index is 1.78. The standard InChI is InChI=1S/C20H24N6O4/c1-11(28)30-15-8-22-20-18(15)19(24-17(10-27)25-20)13-7-23-26(9-13)14(6-16(21)29)12-4-2-3-5-12/h7-9,12,14,27H,2-6,10H2,1H3,(H2,21,29)(H,22,24,25)/t14-/m1/s1. The highest BCUT2D eigenvalue weighted by molar-refractivity contribution is 5.97. The van der Waals surface area contributed by atoms with E-state index in [0.29, 0.717) is 34.0 Å². The monoisotopic (exact) mass is 412 g/mol. The lowest BCUT2D eigenvalue weighted by Crippen LogP contribution is -2.24. The molecule has 1 saturated carbocycles. The third kappa shape index (κ3) is 3.90. The van der Waals surface area contributed by atoms with Crippen LogP contribution in [0.2, 0.25) is 0 Å². The van der Waals surface area contributed by atoms with E-state index in [4.69, 9.17) is 10.5 Å².